The lowest BCUT2D eigenvalue weighted by molar-refractivity contribution is 0.00706. The fraction of sp³-hybridized carbons (Fsp3) is 0.682. The van der Waals surface area contributed by atoms with Gasteiger partial charge in [0.05, 0.1) is 11.3 Å². The molecule has 2 aliphatic heterocycles. The summed E-state index contributed by atoms with van der Waals surface area (Å²) in [6.45, 7) is 12.0. The Morgan fingerprint density at radius 3 is 2.21 bits per heavy atom. The van der Waals surface area contributed by atoms with Gasteiger partial charge in [-0.2, -0.15) is 0 Å². The van der Waals surface area contributed by atoms with Crippen molar-refractivity contribution in [3.63, 3.8) is 0 Å². The number of likely N-dealkylation sites (N-methyl/N-ethyl adjacent to an activating group) is 1. The molecule has 0 amide bonds. The first-order valence-electron chi connectivity index (χ1n) is 10.5. The highest BCUT2D eigenvalue weighted by Gasteiger charge is 2.24. The molecule has 2 fully saturated rings. The number of carbonyl (C=O) groups excluding carboxylic acids is 1. The summed E-state index contributed by atoms with van der Waals surface area (Å²) in [7, 11) is 4.33. The SMILES string of the molecule is CN1CCC(Nc2cc(N3CCN(C)CC3)ccc2C(=O)OC(C)(C)C)CC1. The van der Waals surface area contributed by atoms with Crippen molar-refractivity contribution in [2.75, 3.05) is 63.6 Å². The van der Waals surface area contributed by atoms with E-state index in [1.807, 2.05) is 26.8 Å². The summed E-state index contributed by atoms with van der Waals surface area (Å²) in [5.41, 5.74) is 2.21. The molecule has 156 valence electrons. The topological polar surface area (TPSA) is 48.0 Å². The second-order valence-corrected chi connectivity index (χ2v) is 9.24. The molecule has 0 bridgehead atoms. The van der Waals surface area contributed by atoms with Crippen LogP contribution in [0.25, 0.3) is 0 Å². The lowest BCUT2D eigenvalue weighted by Gasteiger charge is -2.35. The van der Waals surface area contributed by atoms with Crippen molar-refractivity contribution >= 4 is 17.3 Å². The molecule has 1 aromatic rings. The van der Waals surface area contributed by atoms with Crippen LogP contribution in [-0.2, 0) is 4.74 Å². The smallest absolute Gasteiger partial charge is 0.340 e. The van der Waals surface area contributed by atoms with Crippen LogP contribution in [0.2, 0.25) is 0 Å². The van der Waals surface area contributed by atoms with E-state index in [1.54, 1.807) is 0 Å². The molecule has 1 N–H and O–H groups in total. The van der Waals surface area contributed by atoms with Crippen molar-refractivity contribution < 1.29 is 9.53 Å². The number of likely N-dealkylation sites (tertiary alicyclic amines) is 1. The van der Waals surface area contributed by atoms with Crippen molar-refractivity contribution in [2.45, 2.75) is 45.3 Å². The van der Waals surface area contributed by atoms with Gasteiger partial charge in [-0.15, -0.1) is 0 Å². The maximum absolute atomic E-state index is 12.8. The van der Waals surface area contributed by atoms with Gasteiger partial charge in [0, 0.05) is 37.9 Å². The molecule has 0 radical (unpaired) electrons. The van der Waals surface area contributed by atoms with Crippen molar-refractivity contribution in [1.29, 1.82) is 0 Å². The van der Waals surface area contributed by atoms with Gasteiger partial charge in [-0.25, -0.2) is 4.79 Å². The minimum absolute atomic E-state index is 0.257. The number of benzene rings is 1. The Hall–Kier alpha value is -1.79. The van der Waals surface area contributed by atoms with E-state index in [2.05, 4.69) is 46.2 Å². The normalized spacial score (nSPS) is 20.2. The summed E-state index contributed by atoms with van der Waals surface area (Å²) in [5.74, 6) is -0.257. The Bertz CT molecular complexity index is 670. The quantitative estimate of drug-likeness (QED) is 0.801. The van der Waals surface area contributed by atoms with E-state index in [4.69, 9.17) is 4.74 Å². The van der Waals surface area contributed by atoms with Crippen LogP contribution >= 0.6 is 0 Å². The molecule has 6 heteroatoms. The van der Waals surface area contributed by atoms with Crippen LogP contribution in [0, 0.1) is 0 Å². The highest BCUT2D eigenvalue weighted by molar-refractivity contribution is 5.96. The number of rotatable bonds is 4. The maximum Gasteiger partial charge on any atom is 0.340 e. The minimum Gasteiger partial charge on any atom is -0.456 e. The number of hydrogen-bond acceptors (Lipinski definition) is 6. The van der Waals surface area contributed by atoms with Crippen LogP contribution in [0.3, 0.4) is 0 Å². The molecule has 0 aliphatic carbocycles. The zero-order valence-corrected chi connectivity index (χ0v) is 18.1. The largest absolute Gasteiger partial charge is 0.456 e. The zero-order chi connectivity index (χ0) is 20.3. The molecule has 1 aromatic carbocycles. The number of piperazine rings is 1. The average molecular weight is 389 g/mol. The molecule has 0 unspecified atom stereocenters. The number of nitrogens with one attached hydrogen (secondary N) is 1. The Labute approximate surface area is 169 Å². The van der Waals surface area contributed by atoms with Crippen molar-refractivity contribution in [2.24, 2.45) is 0 Å². The van der Waals surface area contributed by atoms with E-state index in [-0.39, 0.29) is 5.97 Å². The summed E-state index contributed by atoms with van der Waals surface area (Å²) in [6.07, 6.45) is 2.17. The number of anilines is 2. The van der Waals surface area contributed by atoms with Gasteiger partial charge in [-0.3, -0.25) is 0 Å². The lowest BCUT2D eigenvalue weighted by atomic mass is 10.0. The summed E-state index contributed by atoms with van der Waals surface area (Å²) < 4.78 is 5.66. The first-order valence-corrected chi connectivity index (χ1v) is 10.5. The molecule has 2 heterocycles. The van der Waals surface area contributed by atoms with Crippen LogP contribution in [0.4, 0.5) is 11.4 Å². The third-order valence-corrected chi connectivity index (χ3v) is 5.57. The summed E-state index contributed by atoms with van der Waals surface area (Å²) in [5, 5.41) is 3.66. The first-order chi connectivity index (χ1) is 13.2. The third-order valence-electron chi connectivity index (χ3n) is 5.57. The van der Waals surface area contributed by atoms with E-state index >= 15 is 0 Å². The zero-order valence-electron chi connectivity index (χ0n) is 18.1. The van der Waals surface area contributed by atoms with Gasteiger partial charge in [0.2, 0.25) is 0 Å². The summed E-state index contributed by atoms with van der Waals surface area (Å²) in [6, 6.07) is 6.52. The predicted molar refractivity (Wildman–Crippen MR) is 115 cm³/mol. The Kier molecular flexibility index (Phi) is 6.50. The number of nitrogens with zero attached hydrogens (tertiary/aromatic N) is 3. The van der Waals surface area contributed by atoms with Crippen LogP contribution in [0.15, 0.2) is 18.2 Å². The molecule has 2 saturated heterocycles. The van der Waals surface area contributed by atoms with Gasteiger partial charge in [-0.1, -0.05) is 0 Å². The van der Waals surface area contributed by atoms with Gasteiger partial charge in [-0.05, 0) is 79.0 Å². The highest BCUT2D eigenvalue weighted by atomic mass is 16.6. The van der Waals surface area contributed by atoms with Crippen LogP contribution in [-0.4, -0.2) is 80.8 Å². The number of piperidine rings is 1. The lowest BCUT2D eigenvalue weighted by Crippen LogP contribution is -2.44. The molecule has 6 nitrogen and oxygen atoms in total. The number of carbonyl (C=O) groups is 1. The van der Waals surface area contributed by atoms with Gasteiger partial charge >= 0.3 is 5.97 Å². The standard InChI is InChI=1S/C22H36N4O2/c1-22(2,3)28-21(27)19-7-6-18(26-14-12-25(5)13-15-26)16-20(19)23-17-8-10-24(4)11-9-17/h6-7,16-17,23H,8-15H2,1-5H3. The fourth-order valence-electron chi connectivity index (χ4n) is 3.80. The molecule has 28 heavy (non-hydrogen) atoms. The molecular weight excluding hydrogens is 352 g/mol. The van der Waals surface area contributed by atoms with Crippen LogP contribution < -0.4 is 10.2 Å². The first kappa shape index (κ1) is 20.9. The molecule has 0 spiro atoms. The van der Waals surface area contributed by atoms with Gasteiger partial charge < -0.3 is 24.8 Å². The van der Waals surface area contributed by atoms with Gasteiger partial charge in [0.15, 0.2) is 0 Å². The molecule has 0 aromatic heterocycles. The van der Waals surface area contributed by atoms with Gasteiger partial charge in [0.25, 0.3) is 0 Å². The monoisotopic (exact) mass is 388 g/mol. The highest BCUT2D eigenvalue weighted by Crippen LogP contribution is 2.28. The Morgan fingerprint density at radius 1 is 1.00 bits per heavy atom. The minimum atomic E-state index is -0.502. The number of hydrogen-bond donors (Lipinski definition) is 1. The van der Waals surface area contributed by atoms with Crippen molar-refractivity contribution in [1.82, 2.24) is 9.80 Å². The molecule has 0 saturated carbocycles. The summed E-state index contributed by atoms with van der Waals surface area (Å²) in [4.78, 5) is 19.9. The van der Waals surface area contributed by atoms with Crippen LogP contribution in [0.5, 0.6) is 0 Å². The van der Waals surface area contributed by atoms with Crippen molar-refractivity contribution in [3.8, 4) is 0 Å². The van der Waals surface area contributed by atoms with E-state index in [0.717, 1.165) is 57.8 Å². The molecule has 2 aliphatic rings. The fourth-order valence-corrected chi connectivity index (χ4v) is 3.80. The predicted octanol–water partition coefficient (Wildman–Crippen LogP) is 2.90. The van der Waals surface area contributed by atoms with Crippen LogP contribution in [0.1, 0.15) is 44.0 Å². The number of ether oxygens (including phenoxy) is 1. The Morgan fingerprint density at radius 2 is 1.61 bits per heavy atom. The van der Waals surface area contributed by atoms with E-state index in [0.29, 0.717) is 11.6 Å². The summed E-state index contributed by atoms with van der Waals surface area (Å²) >= 11 is 0. The second kappa shape index (κ2) is 8.70. The maximum atomic E-state index is 12.8. The van der Waals surface area contributed by atoms with E-state index in [9.17, 15) is 4.79 Å². The average Bonchev–Trinajstić information content (AvgIpc) is 2.63. The van der Waals surface area contributed by atoms with E-state index < -0.39 is 5.60 Å². The van der Waals surface area contributed by atoms with Crippen molar-refractivity contribution in [3.05, 3.63) is 23.8 Å². The molecular formula is C22H36N4O2. The molecule has 0 atom stereocenters. The third kappa shape index (κ3) is 5.61. The van der Waals surface area contributed by atoms with E-state index in [1.165, 1.54) is 5.69 Å². The molecule has 3 rings (SSSR count). The second-order valence-electron chi connectivity index (χ2n) is 9.24. The Balaban J connectivity index is 1.82. The van der Waals surface area contributed by atoms with Gasteiger partial charge in [0.1, 0.15) is 5.60 Å². The number of esters is 1.